The van der Waals surface area contributed by atoms with Gasteiger partial charge in [0.05, 0.1) is 30.7 Å². The Balaban J connectivity index is 2.16. The number of aromatic nitrogens is 4. The minimum atomic E-state index is -0.799. The van der Waals surface area contributed by atoms with Gasteiger partial charge in [0.25, 0.3) is 5.89 Å². The van der Waals surface area contributed by atoms with Gasteiger partial charge in [-0.2, -0.15) is 15.2 Å². The lowest BCUT2D eigenvalue weighted by molar-refractivity contribution is 0.0410. The molecular formula is C12H17N5O2. The van der Waals surface area contributed by atoms with Crippen LogP contribution in [0.15, 0.2) is 23.0 Å². The molecule has 1 atom stereocenters. The predicted molar refractivity (Wildman–Crippen MR) is 68.0 cm³/mol. The van der Waals surface area contributed by atoms with Crippen LogP contribution in [0.2, 0.25) is 0 Å². The Morgan fingerprint density at radius 1 is 1.42 bits per heavy atom. The summed E-state index contributed by atoms with van der Waals surface area (Å²) in [5, 5.41) is 11.4. The van der Waals surface area contributed by atoms with Crippen LogP contribution in [-0.2, 0) is 10.3 Å². The first-order valence-electron chi connectivity index (χ1n) is 6.01. The van der Waals surface area contributed by atoms with Crippen LogP contribution in [0, 0.1) is 0 Å². The number of nitrogens with zero attached hydrogens (tertiary/aromatic N) is 4. The summed E-state index contributed by atoms with van der Waals surface area (Å²) in [6, 6.07) is 1.74. The van der Waals surface area contributed by atoms with E-state index in [2.05, 4.69) is 20.3 Å². The van der Waals surface area contributed by atoms with Gasteiger partial charge in [-0.15, -0.1) is 0 Å². The summed E-state index contributed by atoms with van der Waals surface area (Å²) >= 11 is 0. The molecule has 0 saturated heterocycles. The number of hydrogen-bond acceptors (Lipinski definition) is 7. The number of ether oxygens (including phenoxy) is 1. The fraction of sp³-hybridized carbons (Fsp3) is 0.500. The van der Waals surface area contributed by atoms with Crippen LogP contribution < -0.4 is 5.73 Å². The zero-order chi connectivity index (χ0) is 13.9. The monoisotopic (exact) mass is 263 g/mol. The summed E-state index contributed by atoms with van der Waals surface area (Å²) in [5.41, 5.74) is 6.04. The van der Waals surface area contributed by atoms with Gasteiger partial charge in [0.2, 0.25) is 0 Å². The van der Waals surface area contributed by atoms with Gasteiger partial charge < -0.3 is 15.0 Å². The van der Waals surface area contributed by atoms with Crippen molar-refractivity contribution in [2.45, 2.75) is 32.4 Å². The van der Waals surface area contributed by atoms with E-state index >= 15 is 0 Å². The Kier molecular flexibility index (Phi) is 3.87. The summed E-state index contributed by atoms with van der Waals surface area (Å²) in [7, 11) is 0. The molecule has 0 aliphatic carbocycles. The second kappa shape index (κ2) is 5.41. The molecule has 0 aliphatic rings. The second-order valence-electron chi connectivity index (χ2n) is 4.83. The third kappa shape index (κ3) is 3.33. The highest BCUT2D eigenvalue weighted by Crippen LogP contribution is 2.20. The van der Waals surface area contributed by atoms with Crippen LogP contribution in [0.25, 0.3) is 11.5 Å². The van der Waals surface area contributed by atoms with Crippen molar-refractivity contribution < 1.29 is 9.26 Å². The highest BCUT2D eigenvalue weighted by molar-refractivity contribution is 5.49. The van der Waals surface area contributed by atoms with Crippen LogP contribution in [0.4, 0.5) is 0 Å². The normalized spacial score (nSPS) is 14.6. The van der Waals surface area contributed by atoms with E-state index < -0.39 is 5.54 Å². The van der Waals surface area contributed by atoms with Crippen molar-refractivity contribution in [3.63, 3.8) is 0 Å². The summed E-state index contributed by atoms with van der Waals surface area (Å²) in [6.07, 6.45) is 3.21. The summed E-state index contributed by atoms with van der Waals surface area (Å²) < 4.78 is 10.7. The molecule has 1 unspecified atom stereocenters. The van der Waals surface area contributed by atoms with Crippen molar-refractivity contribution >= 4 is 0 Å². The molecule has 0 amide bonds. The zero-order valence-corrected chi connectivity index (χ0v) is 11.2. The van der Waals surface area contributed by atoms with Crippen LogP contribution in [0.1, 0.15) is 26.6 Å². The number of rotatable bonds is 5. The third-order valence-corrected chi connectivity index (χ3v) is 2.48. The molecule has 19 heavy (non-hydrogen) atoms. The van der Waals surface area contributed by atoms with E-state index in [1.165, 1.54) is 0 Å². The molecule has 102 valence electrons. The maximum Gasteiger partial charge on any atom is 0.259 e. The van der Waals surface area contributed by atoms with Crippen molar-refractivity contribution in [3.05, 3.63) is 24.3 Å². The smallest absolute Gasteiger partial charge is 0.259 e. The Morgan fingerprint density at radius 2 is 2.21 bits per heavy atom. The Hall–Kier alpha value is -1.86. The lowest BCUT2D eigenvalue weighted by Gasteiger charge is -2.21. The molecule has 2 aromatic heterocycles. The fourth-order valence-electron chi connectivity index (χ4n) is 1.39. The van der Waals surface area contributed by atoms with Gasteiger partial charge >= 0.3 is 0 Å². The fourth-order valence-corrected chi connectivity index (χ4v) is 1.39. The molecule has 0 radical (unpaired) electrons. The molecule has 0 spiro atoms. The lowest BCUT2D eigenvalue weighted by Crippen LogP contribution is -2.40. The van der Waals surface area contributed by atoms with Crippen LogP contribution in [0.5, 0.6) is 0 Å². The first-order valence-corrected chi connectivity index (χ1v) is 6.01. The molecule has 2 rings (SSSR count). The molecule has 2 heterocycles. The SMILES string of the molecule is CC(C)OCC(C)(N)c1noc(-c2ccnnc2)n1. The number of nitrogens with two attached hydrogens (primary N) is 1. The van der Waals surface area contributed by atoms with Gasteiger partial charge in [0.1, 0.15) is 5.54 Å². The summed E-state index contributed by atoms with van der Waals surface area (Å²) in [4.78, 5) is 4.28. The highest BCUT2D eigenvalue weighted by Gasteiger charge is 2.28. The molecule has 0 aliphatic heterocycles. The van der Waals surface area contributed by atoms with Crippen LogP contribution in [0.3, 0.4) is 0 Å². The molecule has 7 nitrogen and oxygen atoms in total. The molecule has 0 aromatic carbocycles. The van der Waals surface area contributed by atoms with Crippen molar-refractivity contribution in [2.24, 2.45) is 5.73 Å². The largest absolute Gasteiger partial charge is 0.376 e. The van der Waals surface area contributed by atoms with Gasteiger partial charge in [0, 0.05) is 0 Å². The molecular weight excluding hydrogens is 246 g/mol. The van der Waals surface area contributed by atoms with Crippen molar-refractivity contribution in [1.82, 2.24) is 20.3 Å². The van der Waals surface area contributed by atoms with Gasteiger partial charge in [0.15, 0.2) is 5.82 Å². The third-order valence-electron chi connectivity index (χ3n) is 2.48. The van der Waals surface area contributed by atoms with E-state index in [0.717, 1.165) is 0 Å². The minimum Gasteiger partial charge on any atom is -0.376 e. The topological polar surface area (TPSA) is 100.0 Å². The van der Waals surface area contributed by atoms with Crippen molar-refractivity contribution in [2.75, 3.05) is 6.61 Å². The first kappa shape index (κ1) is 13.6. The average Bonchev–Trinajstić information content (AvgIpc) is 2.88. The van der Waals surface area contributed by atoms with Crippen molar-refractivity contribution in [1.29, 1.82) is 0 Å². The maximum absolute atomic E-state index is 6.14. The van der Waals surface area contributed by atoms with E-state index in [4.69, 9.17) is 15.0 Å². The van der Waals surface area contributed by atoms with Crippen molar-refractivity contribution in [3.8, 4) is 11.5 Å². The Labute approximate surface area is 111 Å². The molecule has 7 heteroatoms. The van der Waals surface area contributed by atoms with Gasteiger partial charge in [-0.3, -0.25) is 0 Å². The number of hydrogen-bond donors (Lipinski definition) is 1. The summed E-state index contributed by atoms with van der Waals surface area (Å²) in [5.74, 6) is 0.770. The molecule has 0 bridgehead atoms. The van der Waals surface area contributed by atoms with Gasteiger partial charge in [-0.25, -0.2) is 0 Å². The van der Waals surface area contributed by atoms with E-state index in [9.17, 15) is 0 Å². The van der Waals surface area contributed by atoms with E-state index in [0.29, 0.717) is 23.9 Å². The minimum absolute atomic E-state index is 0.0960. The molecule has 0 saturated carbocycles. The van der Waals surface area contributed by atoms with E-state index in [1.807, 2.05) is 13.8 Å². The second-order valence-corrected chi connectivity index (χ2v) is 4.83. The lowest BCUT2D eigenvalue weighted by atomic mass is 10.1. The molecule has 2 aromatic rings. The van der Waals surface area contributed by atoms with Gasteiger partial charge in [-0.05, 0) is 26.8 Å². The van der Waals surface area contributed by atoms with E-state index in [1.54, 1.807) is 25.4 Å². The van der Waals surface area contributed by atoms with Crippen LogP contribution >= 0.6 is 0 Å². The predicted octanol–water partition coefficient (Wildman–Crippen LogP) is 1.13. The highest BCUT2D eigenvalue weighted by atomic mass is 16.5. The zero-order valence-electron chi connectivity index (χ0n) is 11.2. The molecule has 2 N–H and O–H groups in total. The van der Waals surface area contributed by atoms with E-state index in [-0.39, 0.29) is 6.10 Å². The maximum atomic E-state index is 6.14. The van der Waals surface area contributed by atoms with Gasteiger partial charge in [-0.1, -0.05) is 5.16 Å². The molecule has 0 fully saturated rings. The first-order chi connectivity index (χ1) is 8.99. The Bertz CT molecular complexity index is 524. The standard InChI is InChI=1S/C12H17N5O2/c1-8(2)18-7-12(3,13)11-16-10(19-17-11)9-4-5-14-15-6-9/h4-6,8H,7,13H2,1-3H3. The van der Waals surface area contributed by atoms with Crippen LogP contribution in [-0.4, -0.2) is 33.0 Å². The average molecular weight is 263 g/mol. The quantitative estimate of drug-likeness (QED) is 0.862. The Morgan fingerprint density at radius 3 is 2.84 bits per heavy atom. The summed E-state index contributed by atoms with van der Waals surface area (Å²) in [6.45, 7) is 6.01.